The molecule has 0 fully saturated rings. The van der Waals surface area contributed by atoms with Gasteiger partial charge in [-0.2, -0.15) is 0 Å². The van der Waals surface area contributed by atoms with Gasteiger partial charge in [0.1, 0.15) is 5.76 Å². The molecule has 1 rings (SSSR count). The number of rotatable bonds is 10. The Morgan fingerprint density at radius 1 is 1.29 bits per heavy atom. The average Bonchev–Trinajstić information content (AvgIpc) is 2.94. The molecule has 1 N–H and O–H groups in total. The zero-order valence-corrected chi connectivity index (χ0v) is 16.5. The molecule has 138 valence electrons. The maximum atomic E-state index is 12.5. The van der Waals surface area contributed by atoms with E-state index in [1.807, 2.05) is 13.8 Å². The van der Waals surface area contributed by atoms with Gasteiger partial charge in [-0.05, 0) is 33.4 Å². The first kappa shape index (κ1) is 20.7. The molecular formula is C19H35N3O2. The Kier molecular flexibility index (Phi) is 7.94. The highest BCUT2D eigenvalue weighted by molar-refractivity contribution is 5.93. The van der Waals surface area contributed by atoms with E-state index in [-0.39, 0.29) is 11.3 Å². The monoisotopic (exact) mass is 337 g/mol. The van der Waals surface area contributed by atoms with Crippen LogP contribution in [0.3, 0.4) is 0 Å². The number of hydrogen-bond acceptors (Lipinski definition) is 4. The van der Waals surface area contributed by atoms with Gasteiger partial charge in [0.25, 0.3) is 5.91 Å². The van der Waals surface area contributed by atoms with Crippen molar-refractivity contribution in [2.24, 2.45) is 5.41 Å². The summed E-state index contributed by atoms with van der Waals surface area (Å²) in [6, 6.07) is 0.400. The van der Waals surface area contributed by atoms with Gasteiger partial charge in [0.05, 0.1) is 0 Å². The number of nitrogens with one attached hydrogen (secondary N) is 1. The minimum Gasteiger partial charge on any atom is -0.360 e. The van der Waals surface area contributed by atoms with Crippen LogP contribution < -0.4 is 5.32 Å². The minimum absolute atomic E-state index is 0.0294. The van der Waals surface area contributed by atoms with E-state index >= 15 is 0 Å². The van der Waals surface area contributed by atoms with Crippen LogP contribution in [0.15, 0.2) is 4.52 Å². The predicted octanol–water partition coefficient (Wildman–Crippen LogP) is 3.81. The molecule has 1 heterocycles. The Morgan fingerprint density at radius 3 is 2.38 bits per heavy atom. The number of carbonyl (C=O) groups excluding carboxylic acids is 1. The van der Waals surface area contributed by atoms with Crippen molar-refractivity contribution < 1.29 is 9.32 Å². The number of aromatic nitrogens is 1. The average molecular weight is 338 g/mol. The molecule has 1 amide bonds. The zero-order chi connectivity index (χ0) is 18.3. The van der Waals surface area contributed by atoms with Crippen LogP contribution in [0.1, 0.15) is 76.2 Å². The van der Waals surface area contributed by atoms with Crippen LogP contribution in [0.4, 0.5) is 0 Å². The maximum absolute atomic E-state index is 12.5. The molecule has 0 aromatic carbocycles. The highest BCUT2D eigenvalue weighted by Crippen LogP contribution is 2.30. The van der Waals surface area contributed by atoms with Crippen molar-refractivity contribution in [1.29, 1.82) is 0 Å². The molecule has 1 aromatic rings. The Bertz CT molecular complexity index is 523. The van der Waals surface area contributed by atoms with Crippen LogP contribution in [0.25, 0.3) is 0 Å². The van der Waals surface area contributed by atoms with Gasteiger partial charge in [0.2, 0.25) is 0 Å². The van der Waals surface area contributed by atoms with E-state index < -0.39 is 0 Å². The lowest BCUT2D eigenvalue weighted by molar-refractivity contribution is 0.0748. The molecule has 0 saturated carbocycles. The van der Waals surface area contributed by atoms with E-state index in [0.717, 1.165) is 43.7 Å². The summed E-state index contributed by atoms with van der Waals surface area (Å²) in [6.07, 6.45) is 2.92. The van der Waals surface area contributed by atoms with E-state index in [0.29, 0.717) is 18.3 Å². The van der Waals surface area contributed by atoms with Gasteiger partial charge in [-0.3, -0.25) is 4.79 Å². The summed E-state index contributed by atoms with van der Waals surface area (Å²) in [5.41, 5.74) is 1.30. The third-order valence-electron chi connectivity index (χ3n) is 5.40. The molecule has 0 saturated heterocycles. The molecule has 0 bridgehead atoms. The molecule has 0 aliphatic carbocycles. The quantitative estimate of drug-likeness (QED) is 0.705. The Labute approximate surface area is 147 Å². The lowest BCUT2D eigenvalue weighted by Gasteiger charge is -2.42. The van der Waals surface area contributed by atoms with Crippen molar-refractivity contribution in [3.8, 4) is 0 Å². The number of hydrogen-bond donors (Lipinski definition) is 1. The van der Waals surface area contributed by atoms with Crippen LogP contribution in [0, 0.1) is 12.3 Å². The molecule has 0 aliphatic heterocycles. The zero-order valence-electron chi connectivity index (χ0n) is 16.5. The number of carbonyl (C=O) groups is 1. The Balaban J connectivity index is 2.84. The van der Waals surface area contributed by atoms with Gasteiger partial charge in [-0.15, -0.1) is 0 Å². The molecule has 0 spiro atoms. The molecule has 5 nitrogen and oxygen atoms in total. The fourth-order valence-corrected chi connectivity index (χ4v) is 3.51. The summed E-state index contributed by atoms with van der Waals surface area (Å²) in [7, 11) is 0. The molecule has 5 heteroatoms. The third-order valence-corrected chi connectivity index (χ3v) is 5.40. The Hall–Kier alpha value is -1.36. The summed E-state index contributed by atoms with van der Waals surface area (Å²) in [6.45, 7) is 17.7. The van der Waals surface area contributed by atoms with Crippen LogP contribution in [-0.2, 0) is 6.42 Å². The van der Waals surface area contributed by atoms with E-state index in [1.54, 1.807) is 0 Å². The first-order valence-electron chi connectivity index (χ1n) is 9.31. The normalized spacial score (nSPS) is 15.3. The first-order chi connectivity index (χ1) is 11.3. The van der Waals surface area contributed by atoms with Crippen LogP contribution in [-0.4, -0.2) is 41.6 Å². The second kappa shape index (κ2) is 9.21. The van der Waals surface area contributed by atoms with Crippen molar-refractivity contribution in [3.05, 3.63) is 17.0 Å². The van der Waals surface area contributed by atoms with Gasteiger partial charge < -0.3 is 14.7 Å². The van der Waals surface area contributed by atoms with Crippen LogP contribution >= 0.6 is 0 Å². The van der Waals surface area contributed by atoms with Crippen molar-refractivity contribution in [3.63, 3.8) is 0 Å². The fraction of sp³-hybridized carbons (Fsp3) is 0.789. The van der Waals surface area contributed by atoms with E-state index in [1.165, 1.54) is 0 Å². The molecule has 1 aromatic heterocycles. The van der Waals surface area contributed by atoms with Crippen molar-refractivity contribution in [2.75, 3.05) is 19.6 Å². The summed E-state index contributed by atoms with van der Waals surface area (Å²) < 4.78 is 5.25. The van der Waals surface area contributed by atoms with Gasteiger partial charge in [-0.25, -0.2) is 0 Å². The SMILES string of the molecule is CCCC(C)(CNC(=O)c1noc(CC)c1C)C(C)N(CC)CC. The highest BCUT2D eigenvalue weighted by Gasteiger charge is 2.34. The van der Waals surface area contributed by atoms with Crippen molar-refractivity contribution in [1.82, 2.24) is 15.4 Å². The molecule has 24 heavy (non-hydrogen) atoms. The second-order valence-electron chi connectivity index (χ2n) is 6.92. The first-order valence-corrected chi connectivity index (χ1v) is 9.31. The lowest BCUT2D eigenvalue weighted by Crippen LogP contribution is -2.50. The number of amides is 1. The summed E-state index contributed by atoms with van der Waals surface area (Å²) in [4.78, 5) is 15.0. The van der Waals surface area contributed by atoms with Gasteiger partial charge in [0.15, 0.2) is 5.69 Å². The number of aryl methyl sites for hydroxylation is 1. The fourth-order valence-electron chi connectivity index (χ4n) is 3.51. The van der Waals surface area contributed by atoms with E-state index in [9.17, 15) is 4.79 Å². The van der Waals surface area contributed by atoms with E-state index in [4.69, 9.17) is 4.52 Å². The highest BCUT2D eigenvalue weighted by atomic mass is 16.5. The van der Waals surface area contributed by atoms with Gasteiger partial charge in [0, 0.05) is 30.0 Å². The molecule has 0 radical (unpaired) electrons. The smallest absolute Gasteiger partial charge is 0.273 e. The summed E-state index contributed by atoms with van der Waals surface area (Å²) >= 11 is 0. The molecule has 2 unspecified atom stereocenters. The summed E-state index contributed by atoms with van der Waals surface area (Å²) in [5.74, 6) is 0.651. The van der Waals surface area contributed by atoms with Crippen LogP contribution in [0.5, 0.6) is 0 Å². The van der Waals surface area contributed by atoms with Crippen molar-refractivity contribution in [2.45, 2.75) is 73.8 Å². The molecular weight excluding hydrogens is 302 g/mol. The second-order valence-corrected chi connectivity index (χ2v) is 6.92. The number of nitrogens with zero attached hydrogens (tertiary/aromatic N) is 2. The Morgan fingerprint density at radius 2 is 1.92 bits per heavy atom. The molecule has 0 aliphatic rings. The largest absolute Gasteiger partial charge is 0.360 e. The summed E-state index contributed by atoms with van der Waals surface area (Å²) in [5, 5.41) is 7.05. The molecule has 2 atom stereocenters. The van der Waals surface area contributed by atoms with Gasteiger partial charge >= 0.3 is 0 Å². The van der Waals surface area contributed by atoms with E-state index in [2.05, 4.69) is 50.0 Å². The minimum atomic E-state index is -0.134. The third kappa shape index (κ3) is 4.59. The topological polar surface area (TPSA) is 58.4 Å². The predicted molar refractivity (Wildman–Crippen MR) is 98.3 cm³/mol. The van der Waals surface area contributed by atoms with Gasteiger partial charge in [-0.1, -0.05) is 46.2 Å². The van der Waals surface area contributed by atoms with Crippen molar-refractivity contribution >= 4 is 5.91 Å². The van der Waals surface area contributed by atoms with Crippen LogP contribution in [0.2, 0.25) is 0 Å². The lowest BCUT2D eigenvalue weighted by atomic mass is 9.78. The standard InChI is InChI=1S/C19H35N3O2/c1-8-12-19(7,15(6)22(10-3)11-4)13-20-18(23)17-14(5)16(9-2)24-21-17/h15H,8-13H2,1-7H3,(H,20,23). The maximum Gasteiger partial charge on any atom is 0.273 e.